The van der Waals surface area contributed by atoms with Crippen molar-refractivity contribution in [2.75, 3.05) is 0 Å². The maximum Gasteiger partial charge on any atom is 0.339 e. The number of rotatable bonds is 3. The molecule has 1 aliphatic carbocycles. The zero-order chi connectivity index (χ0) is 13.4. The molecule has 5 nitrogen and oxygen atoms in total. The van der Waals surface area contributed by atoms with Gasteiger partial charge >= 0.3 is 5.97 Å². The molecule has 5 heteroatoms. The van der Waals surface area contributed by atoms with Crippen molar-refractivity contribution in [1.29, 1.82) is 0 Å². The second-order valence-electron chi connectivity index (χ2n) is 5.03. The SMILES string of the molecule is Cc1ccc(-c2nn(C3CCCC3)cc2C(=O)O)o1. The molecular weight excluding hydrogens is 244 g/mol. The fraction of sp³-hybridized carbons (Fsp3) is 0.429. The third kappa shape index (κ3) is 2.16. The van der Waals surface area contributed by atoms with E-state index in [-0.39, 0.29) is 5.56 Å². The first-order valence-electron chi connectivity index (χ1n) is 6.54. The molecule has 0 atom stereocenters. The van der Waals surface area contributed by atoms with Gasteiger partial charge in [0.25, 0.3) is 0 Å². The molecule has 0 amide bonds. The van der Waals surface area contributed by atoms with Crippen molar-refractivity contribution in [3.05, 3.63) is 29.7 Å². The number of carboxylic acid groups (broad SMARTS) is 1. The van der Waals surface area contributed by atoms with Crippen molar-refractivity contribution in [3.8, 4) is 11.5 Å². The highest BCUT2D eigenvalue weighted by Crippen LogP contribution is 2.32. The number of aromatic carboxylic acids is 1. The lowest BCUT2D eigenvalue weighted by Gasteiger charge is -2.08. The molecule has 0 aromatic carbocycles. The largest absolute Gasteiger partial charge is 0.478 e. The van der Waals surface area contributed by atoms with E-state index in [0.29, 0.717) is 17.5 Å². The van der Waals surface area contributed by atoms with Gasteiger partial charge in [0.1, 0.15) is 17.0 Å². The second kappa shape index (κ2) is 4.57. The molecule has 0 spiro atoms. The van der Waals surface area contributed by atoms with Gasteiger partial charge in [0.2, 0.25) is 0 Å². The number of hydrogen-bond donors (Lipinski definition) is 1. The van der Waals surface area contributed by atoms with Crippen LogP contribution >= 0.6 is 0 Å². The Morgan fingerprint density at radius 2 is 2.16 bits per heavy atom. The van der Waals surface area contributed by atoms with E-state index in [1.807, 2.05) is 13.0 Å². The Kier molecular flexibility index (Phi) is 2.89. The van der Waals surface area contributed by atoms with Crippen LogP contribution in [0.5, 0.6) is 0 Å². The molecule has 100 valence electrons. The van der Waals surface area contributed by atoms with Crippen LogP contribution in [0.25, 0.3) is 11.5 Å². The smallest absolute Gasteiger partial charge is 0.339 e. The number of furan rings is 1. The summed E-state index contributed by atoms with van der Waals surface area (Å²) in [6.45, 7) is 1.83. The Morgan fingerprint density at radius 1 is 1.42 bits per heavy atom. The van der Waals surface area contributed by atoms with Crippen LogP contribution < -0.4 is 0 Å². The van der Waals surface area contributed by atoms with Crippen LogP contribution in [0.4, 0.5) is 0 Å². The third-order valence-corrected chi connectivity index (χ3v) is 3.63. The minimum atomic E-state index is -0.965. The molecule has 1 aliphatic rings. The molecule has 1 fully saturated rings. The van der Waals surface area contributed by atoms with Gasteiger partial charge in [0.15, 0.2) is 5.76 Å². The van der Waals surface area contributed by atoms with Crippen molar-refractivity contribution in [2.45, 2.75) is 38.6 Å². The minimum Gasteiger partial charge on any atom is -0.478 e. The van der Waals surface area contributed by atoms with Gasteiger partial charge in [0.05, 0.1) is 6.04 Å². The molecule has 0 aliphatic heterocycles. The molecule has 19 heavy (non-hydrogen) atoms. The molecule has 2 heterocycles. The van der Waals surface area contributed by atoms with Crippen LogP contribution in [0.2, 0.25) is 0 Å². The summed E-state index contributed by atoms with van der Waals surface area (Å²) < 4.78 is 7.29. The van der Waals surface area contributed by atoms with Crippen molar-refractivity contribution < 1.29 is 14.3 Å². The average molecular weight is 260 g/mol. The van der Waals surface area contributed by atoms with Gasteiger partial charge in [-0.05, 0) is 31.9 Å². The van der Waals surface area contributed by atoms with E-state index in [9.17, 15) is 9.90 Å². The van der Waals surface area contributed by atoms with E-state index >= 15 is 0 Å². The average Bonchev–Trinajstić information content (AvgIpc) is 3.07. The summed E-state index contributed by atoms with van der Waals surface area (Å²) in [5.41, 5.74) is 0.633. The molecular formula is C14H16N2O3. The summed E-state index contributed by atoms with van der Waals surface area (Å²) in [5.74, 6) is 0.307. The number of hydrogen-bond acceptors (Lipinski definition) is 3. The van der Waals surface area contributed by atoms with Crippen LogP contribution in [0, 0.1) is 6.92 Å². The molecule has 0 bridgehead atoms. The monoisotopic (exact) mass is 260 g/mol. The maximum absolute atomic E-state index is 11.3. The van der Waals surface area contributed by atoms with Crippen LogP contribution in [0.15, 0.2) is 22.7 Å². The first kappa shape index (κ1) is 12.0. The molecule has 0 radical (unpaired) electrons. The summed E-state index contributed by atoms with van der Waals surface area (Å²) in [6.07, 6.45) is 6.13. The van der Waals surface area contributed by atoms with Crippen LogP contribution in [0.1, 0.15) is 47.8 Å². The highest BCUT2D eigenvalue weighted by molar-refractivity contribution is 5.93. The summed E-state index contributed by atoms with van der Waals surface area (Å²) >= 11 is 0. The molecule has 2 aromatic rings. The molecule has 1 N–H and O–H groups in total. The van der Waals surface area contributed by atoms with Gasteiger partial charge in [-0.15, -0.1) is 0 Å². The van der Waals surface area contributed by atoms with Crippen LogP contribution in [-0.4, -0.2) is 20.9 Å². The van der Waals surface area contributed by atoms with Gasteiger partial charge < -0.3 is 9.52 Å². The molecule has 1 saturated carbocycles. The van der Waals surface area contributed by atoms with Crippen molar-refractivity contribution in [3.63, 3.8) is 0 Å². The van der Waals surface area contributed by atoms with Crippen molar-refractivity contribution >= 4 is 5.97 Å². The predicted molar refractivity (Wildman–Crippen MR) is 69.1 cm³/mol. The van der Waals surface area contributed by atoms with Gasteiger partial charge in [-0.25, -0.2) is 4.79 Å². The van der Waals surface area contributed by atoms with Crippen LogP contribution in [-0.2, 0) is 0 Å². The van der Waals surface area contributed by atoms with E-state index in [2.05, 4.69) is 5.10 Å². The Hall–Kier alpha value is -2.04. The van der Waals surface area contributed by atoms with E-state index in [1.54, 1.807) is 16.9 Å². The number of aryl methyl sites for hydroxylation is 1. The van der Waals surface area contributed by atoms with Crippen molar-refractivity contribution in [2.24, 2.45) is 0 Å². The van der Waals surface area contributed by atoms with Crippen molar-refractivity contribution in [1.82, 2.24) is 9.78 Å². The zero-order valence-corrected chi connectivity index (χ0v) is 10.8. The lowest BCUT2D eigenvalue weighted by molar-refractivity contribution is 0.0697. The molecule has 3 rings (SSSR count). The van der Waals surface area contributed by atoms with Gasteiger partial charge in [0, 0.05) is 6.20 Å². The lowest BCUT2D eigenvalue weighted by Crippen LogP contribution is -2.05. The van der Waals surface area contributed by atoms with Gasteiger partial charge in [-0.3, -0.25) is 4.68 Å². The fourth-order valence-electron chi connectivity index (χ4n) is 2.65. The summed E-state index contributed by atoms with van der Waals surface area (Å²) in [6, 6.07) is 3.90. The zero-order valence-electron chi connectivity index (χ0n) is 10.8. The highest BCUT2D eigenvalue weighted by Gasteiger charge is 2.24. The van der Waals surface area contributed by atoms with Crippen LogP contribution in [0.3, 0.4) is 0 Å². The number of nitrogens with zero attached hydrogens (tertiary/aromatic N) is 2. The maximum atomic E-state index is 11.3. The van der Waals surface area contributed by atoms with E-state index < -0.39 is 5.97 Å². The summed E-state index contributed by atoms with van der Waals surface area (Å²) in [5, 5.41) is 13.7. The predicted octanol–water partition coefficient (Wildman–Crippen LogP) is 3.26. The normalized spacial score (nSPS) is 16.1. The Bertz CT molecular complexity index is 606. The topological polar surface area (TPSA) is 68.3 Å². The lowest BCUT2D eigenvalue weighted by atomic mass is 10.2. The Morgan fingerprint density at radius 3 is 2.74 bits per heavy atom. The quantitative estimate of drug-likeness (QED) is 0.919. The number of carboxylic acids is 1. The summed E-state index contributed by atoms with van der Waals surface area (Å²) in [4.78, 5) is 11.3. The molecule has 2 aromatic heterocycles. The second-order valence-corrected chi connectivity index (χ2v) is 5.03. The number of aromatic nitrogens is 2. The Balaban J connectivity index is 2.04. The van der Waals surface area contributed by atoms with E-state index in [1.165, 1.54) is 12.8 Å². The first-order valence-corrected chi connectivity index (χ1v) is 6.54. The number of carbonyl (C=O) groups is 1. The molecule has 0 unspecified atom stereocenters. The van der Waals surface area contributed by atoms with Gasteiger partial charge in [-0.2, -0.15) is 5.10 Å². The highest BCUT2D eigenvalue weighted by atomic mass is 16.4. The standard InChI is InChI=1S/C14H16N2O3/c1-9-6-7-12(19-9)13-11(14(17)18)8-16(15-13)10-4-2-3-5-10/h6-8,10H,2-5H2,1H3,(H,17,18). The fourth-order valence-corrected chi connectivity index (χ4v) is 2.65. The minimum absolute atomic E-state index is 0.209. The molecule has 0 saturated heterocycles. The van der Waals surface area contributed by atoms with Gasteiger partial charge in [-0.1, -0.05) is 12.8 Å². The Labute approximate surface area is 110 Å². The summed E-state index contributed by atoms with van der Waals surface area (Å²) in [7, 11) is 0. The third-order valence-electron chi connectivity index (χ3n) is 3.63. The van der Waals surface area contributed by atoms with E-state index in [4.69, 9.17) is 4.42 Å². The first-order chi connectivity index (χ1) is 9.15. The van der Waals surface area contributed by atoms with E-state index in [0.717, 1.165) is 18.6 Å².